The van der Waals surface area contributed by atoms with Gasteiger partial charge in [0.15, 0.2) is 11.4 Å². The van der Waals surface area contributed by atoms with Crippen molar-refractivity contribution in [1.29, 1.82) is 0 Å². The van der Waals surface area contributed by atoms with Crippen LogP contribution in [0, 0.1) is 11.8 Å². The van der Waals surface area contributed by atoms with Crippen molar-refractivity contribution in [3.8, 4) is 11.8 Å². The van der Waals surface area contributed by atoms with Crippen LogP contribution in [-0.2, 0) is 15.1 Å². The van der Waals surface area contributed by atoms with Gasteiger partial charge >= 0.3 is 0 Å². The maximum Gasteiger partial charge on any atom is 0.187 e. The molecule has 0 radical (unpaired) electrons. The standard InChI is InChI=1S/C21H23NO2/c1-4-5-16-24-21(20(23)17-22(2)3,18-12-8-6-9-13-18)19-14-10-7-11-15-19/h6-15H,16-17H2,1-3H3. The number of carbonyl (C=O) groups is 1. The molecule has 2 aromatic carbocycles. The Labute approximate surface area is 144 Å². The summed E-state index contributed by atoms with van der Waals surface area (Å²) >= 11 is 0. The summed E-state index contributed by atoms with van der Waals surface area (Å²) in [5.41, 5.74) is 0.485. The minimum atomic E-state index is -1.16. The van der Waals surface area contributed by atoms with Gasteiger partial charge in [0.05, 0.1) is 6.54 Å². The summed E-state index contributed by atoms with van der Waals surface area (Å²) in [5.74, 6) is 5.73. The third-order valence-electron chi connectivity index (χ3n) is 3.75. The van der Waals surface area contributed by atoms with Gasteiger partial charge in [-0.2, -0.15) is 0 Å². The van der Waals surface area contributed by atoms with Gasteiger partial charge < -0.3 is 9.64 Å². The van der Waals surface area contributed by atoms with Crippen LogP contribution in [0.3, 0.4) is 0 Å². The van der Waals surface area contributed by atoms with Gasteiger partial charge in [0, 0.05) is 0 Å². The van der Waals surface area contributed by atoms with Crippen molar-refractivity contribution in [3.05, 3.63) is 71.8 Å². The van der Waals surface area contributed by atoms with Crippen molar-refractivity contribution in [1.82, 2.24) is 4.90 Å². The molecule has 0 heterocycles. The van der Waals surface area contributed by atoms with Crippen LogP contribution in [0.1, 0.15) is 18.1 Å². The highest BCUT2D eigenvalue weighted by molar-refractivity contribution is 5.93. The molecular weight excluding hydrogens is 298 g/mol. The van der Waals surface area contributed by atoms with E-state index in [-0.39, 0.29) is 18.9 Å². The van der Waals surface area contributed by atoms with E-state index in [9.17, 15) is 4.79 Å². The number of ketones is 1. The average Bonchev–Trinajstić information content (AvgIpc) is 2.60. The second-order valence-electron chi connectivity index (χ2n) is 5.79. The Morgan fingerprint density at radius 1 is 1.00 bits per heavy atom. The van der Waals surface area contributed by atoms with E-state index in [1.165, 1.54) is 0 Å². The van der Waals surface area contributed by atoms with Crippen LogP contribution in [0.25, 0.3) is 0 Å². The van der Waals surface area contributed by atoms with Crippen LogP contribution in [0.2, 0.25) is 0 Å². The molecule has 2 aromatic rings. The molecule has 0 aliphatic heterocycles. The molecule has 0 N–H and O–H groups in total. The monoisotopic (exact) mass is 321 g/mol. The zero-order valence-electron chi connectivity index (χ0n) is 14.5. The summed E-state index contributed by atoms with van der Waals surface area (Å²) in [4.78, 5) is 15.1. The molecule has 0 fully saturated rings. The highest BCUT2D eigenvalue weighted by Crippen LogP contribution is 2.35. The lowest BCUT2D eigenvalue weighted by molar-refractivity contribution is -0.139. The van der Waals surface area contributed by atoms with Crippen LogP contribution in [0.5, 0.6) is 0 Å². The minimum Gasteiger partial charge on any atom is -0.345 e. The van der Waals surface area contributed by atoms with Crippen LogP contribution >= 0.6 is 0 Å². The van der Waals surface area contributed by atoms with Crippen molar-refractivity contribution in [2.24, 2.45) is 0 Å². The molecule has 124 valence electrons. The van der Waals surface area contributed by atoms with Crippen LogP contribution in [-0.4, -0.2) is 37.9 Å². The van der Waals surface area contributed by atoms with Gasteiger partial charge in [0.25, 0.3) is 0 Å². The van der Waals surface area contributed by atoms with Crippen molar-refractivity contribution in [2.45, 2.75) is 12.5 Å². The Morgan fingerprint density at radius 3 is 1.92 bits per heavy atom. The van der Waals surface area contributed by atoms with Crippen molar-refractivity contribution in [3.63, 3.8) is 0 Å². The molecule has 0 aromatic heterocycles. The molecule has 2 rings (SSSR count). The highest BCUT2D eigenvalue weighted by Gasteiger charge is 2.42. The lowest BCUT2D eigenvalue weighted by atomic mass is 9.82. The summed E-state index contributed by atoms with van der Waals surface area (Å²) < 4.78 is 6.16. The van der Waals surface area contributed by atoms with E-state index in [0.717, 1.165) is 11.1 Å². The molecule has 0 amide bonds. The fraction of sp³-hybridized carbons (Fsp3) is 0.286. The Kier molecular flexibility index (Phi) is 6.31. The first kappa shape index (κ1) is 17.9. The number of benzene rings is 2. The van der Waals surface area contributed by atoms with Gasteiger partial charge in [-0.1, -0.05) is 66.6 Å². The summed E-state index contributed by atoms with van der Waals surface area (Å²) in [7, 11) is 3.76. The normalized spacial score (nSPS) is 11.0. The Morgan fingerprint density at radius 2 is 1.50 bits per heavy atom. The molecule has 0 saturated heterocycles. The lowest BCUT2D eigenvalue weighted by Crippen LogP contribution is -2.44. The maximum atomic E-state index is 13.3. The quantitative estimate of drug-likeness (QED) is 0.734. The highest BCUT2D eigenvalue weighted by atomic mass is 16.5. The van der Waals surface area contributed by atoms with Gasteiger partial charge in [0.1, 0.15) is 6.61 Å². The smallest absolute Gasteiger partial charge is 0.187 e. The fourth-order valence-electron chi connectivity index (χ4n) is 2.70. The van der Waals surface area contributed by atoms with Gasteiger partial charge in [-0.3, -0.25) is 4.79 Å². The molecule has 0 unspecified atom stereocenters. The maximum absolute atomic E-state index is 13.3. The minimum absolute atomic E-state index is 0.0113. The van der Waals surface area contributed by atoms with Gasteiger partial charge in [0.2, 0.25) is 0 Å². The third-order valence-corrected chi connectivity index (χ3v) is 3.75. The molecular formula is C21H23NO2. The van der Waals surface area contributed by atoms with Crippen LogP contribution in [0.15, 0.2) is 60.7 Å². The molecule has 3 heteroatoms. The second-order valence-corrected chi connectivity index (χ2v) is 5.79. The van der Waals surface area contributed by atoms with Crippen molar-refractivity contribution in [2.75, 3.05) is 27.2 Å². The molecule has 0 saturated carbocycles. The SMILES string of the molecule is CC#CCOC(C(=O)CN(C)C)(c1ccccc1)c1ccccc1. The first-order valence-electron chi connectivity index (χ1n) is 7.94. The molecule has 0 aliphatic carbocycles. The van der Waals surface area contributed by atoms with E-state index >= 15 is 0 Å². The predicted octanol–water partition coefficient (Wildman–Crippen LogP) is 3.10. The Hall–Kier alpha value is -2.41. The van der Waals surface area contributed by atoms with Gasteiger partial charge in [-0.05, 0) is 32.1 Å². The number of likely N-dealkylation sites (N-methyl/N-ethyl adjacent to an activating group) is 1. The Bertz CT molecular complexity index is 672. The zero-order chi connectivity index (χ0) is 17.4. The van der Waals surface area contributed by atoms with Gasteiger partial charge in [-0.15, -0.1) is 5.92 Å². The molecule has 0 bridgehead atoms. The third kappa shape index (κ3) is 3.91. The zero-order valence-corrected chi connectivity index (χ0v) is 14.5. The van der Waals surface area contributed by atoms with E-state index in [1.54, 1.807) is 6.92 Å². The summed E-state index contributed by atoms with van der Waals surface area (Å²) in [6.45, 7) is 2.24. The average molecular weight is 321 g/mol. The lowest BCUT2D eigenvalue weighted by Gasteiger charge is -2.34. The number of nitrogens with zero attached hydrogens (tertiary/aromatic N) is 1. The summed E-state index contributed by atoms with van der Waals surface area (Å²) in [6.07, 6.45) is 0. The molecule has 0 atom stereocenters. The largest absolute Gasteiger partial charge is 0.345 e. The van der Waals surface area contributed by atoms with E-state index < -0.39 is 5.60 Å². The fourth-order valence-corrected chi connectivity index (χ4v) is 2.70. The molecule has 0 aliphatic rings. The molecule has 0 spiro atoms. The van der Waals surface area contributed by atoms with E-state index in [2.05, 4.69) is 11.8 Å². The molecule has 3 nitrogen and oxygen atoms in total. The number of hydrogen-bond donors (Lipinski definition) is 0. The predicted molar refractivity (Wildman–Crippen MR) is 96.6 cm³/mol. The second kappa shape index (κ2) is 8.44. The van der Waals surface area contributed by atoms with E-state index in [1.807, 2.05) is 79.7 Å². The van der Waals surface area contributed by atoms with Crippen molar-refractivity contribution < 1.29 is 9.53 Å². The topological polar surface area (TPSA) is 29.5 Å². The first-order chi connectivity index (χ1) is 11.6. The van der Waals surface area contributed by atoms with E-state index in [0.29, 0.717) is 0 Å². The number of carbonyl (C=O) groups excluding carboxylic acids is 1. The van der Waals surface area contributed by atoms with Crippen LogP contribution < -0.4 is 0 Å². The number of ether oxygens (including phenoxy) is 1. The number of rotatable bonds is 7. The van der Waals surface area contributed by atoms with Crippen LogP contribution in [0.4, 0.5) is 0 Å². The van der Waals surface area contributed by atoms with Gasteiger partial charge in [-0.25, -0.2) is 0 Å². The summed E-state index contributed by atoms with van der Waals surface area (Å²) in [6, 6.07) is 19.3. The molecule has 24 heavy (non-hydrogen) atoms. The van der Waals surface area contributed by atoms with E-state index in [4.69, 9.17) is 4.74 Å². The summed E-state index contributed by atoms with van der Waals surface area (Å²) in [5, 5.41) is 0. The Balaban J connectivity index is 2.62. The van der Waals surface area contributed by atoms with Crippen molar-refractivity contribution >= 4 is 5.78 Å². The number of Topliss-reactive ketones (excluding diaryl/α,β-unsaturated/α-hetero) is 1. The number of hydrogen-bond acceptors (Lipinski definition) is 3. The first-order valence-corrected chi connectivity index (χ1v) is 7.94.